The topological polar surface area (TPSA) is 41.0 Å². The number of aliphatic imine (C=N–C) groups is 1. The summed E-state index contributed by atoms with van der Waals surface area (Å²) in [7, 11) is 0. The van der Waals surface area contributed by atoms with E-state index in [-0.39, 0.29) is 22.9 Å². The van der Waals surface area contributed by atoms with Crippen molar-refractivity contribution in [3.63, 3.8) is 0 Å². The Morgan fingerprint density at radius 2 is 1.21 bits per heavy atom. The van der Waals surface area contributed by atoms with E-state index < -0.39 is 0 Å². The van der Waals surface area contributed by atoms with Crippen LogP contribution in [0.15, 0.2) is 163 Å². The lowest BCUT2D eigenvalue weighted by atomic mass is 9.73. The molecular weight excluding hydrogens is 817 g/mol. The molecule has 1 aliphatic carbocycles. The van der Waals surface area contributed by atoms with Gasteiger partial charge in [-0.05, 0) is 144 Å². The van der Waals surface area contributed by atoms with Gasteiger partial charge >= 0.3 is 0 Å². The third-order valence-electron chi connectivity index (χ3n) is 14.3. The van der Waals surface area contributed by atoms with Crippen LogP contribution in [0.5, 0.6) is 11.5 Å². The van der Waals surface area contributed by atoms with Gasteiger partial charge in [-0.15, -0.1) is 0 Å². The number of ether oxygens (including phenoxy) is 1. The van der Waals surface area contributed by atoms with Crippen LogP contribution >= 0.6 is 0 Å². The van der Waals surface area contributed by atoms with Crippen molar-refractivity contribution >= 4 is 28.7 Å². The van der Waals surface area contributed by atoms with Crippen molar-refractivity contribution in [3.8, 4) is 33.8 Å². The van der Waals surface area contributed by atoms with E-state index in [9.17, 15) is 0 Å². The minimum Gasteiger partial charge on any atom is -0.457 e. The molecule has 2 aliphatic heterocycles. The molecule has 332 valence electrons. The molecule has 0 bridgehead atoms. The first-order valence-corrected chi connectivity index (χ1v) is 23.7. The van der Waals surface area contributed by atoms with E-state index >= 15 is 0 Å². The van der Waals surface area contributed by atoms with E-state index in [0.29, 0.717) is 0 Å². The van der Waals surface area contributed by atoms with E-state index in [0.717, 1.165) is 51.2 Å². The molecule has 5 heteroatoms. The highest BCUT2D eigenvalue weighted by Crippen LogP contribution is 2.56. The summed E-state index contributed by atoms with van der Waals surface area (Å²) in [6, 6.07) is 55.4. The molecule has 0 fully saturated rings. The maximum absolute atomic E-state index is 7.17. The Kier molecular flexibility index (Phi) is 9.93. The predicted octanol–water partition coefficient (Wildman–Crippen LogP) is 16.2. The molecule has 3 aliphatic rings. The Bertz CT molecular complexity index is 3300. The molecule has 5 nitrogen and oxygen atoms in total. The van der Waals surface area contributed by atoms with E-state index in [1.165, 1.54) is 72.4 Å². The SMILES string of the molecule is Cc1cc(C)c(N2C(c3cc(Oc4ccc5c(c4)N(c4cc(C(C)(C)C)ccn4)c4ccccc4C5(C)C)cc(-c4ccccc4)c3)=N[C@@H]3c4ccc(C)cc4-c4cc(C)ccc4[C@@H]32)c(C)c1. The number of rotatable bonds is 6. The second kappa shape index (κ2) is 15.7. The van der Waals surface area contributed by atoms with Crippen molar-refractivity contribution in [2.24, 2.45) is 4.99 Å². The quantitative estimate of drug-likeness (QED) is 0.167. The number of benzene rings is 7. The van der Waals surface area contributed by atoms with Gasteiger partial charge in [0, 0.05) is 28.9 Å². The van der Waals surface area contributed by atoms with Crippen LogP contribution in [-0.2, 0) is 10.8 Å². The Morgan fingerprint density at radius 3 is 1.94 bits per heavy atom. The van der Waals surface area contributed by atoms with Crippen LogP contribution in [0.25, 0.3) is 22.3 Å². The molecule has 7 aromatic carbocycles. The molecule has 0 N–H and O–H groups in total. The summed E-state index contributed by atoms with van der Waals surface area (Å²) in [5.74, 6) is 3.32. The zero-order valence-corrected chi connectivity index (χ0v) is 40.4. The molecule has 0 radical (unpaired) electrons. The van der Waals surface area contributed by atoms with Gasteiger partial charge in [-0.3, -0.25) is 9.89 Å². The van der Waals surface area contributed by atoms with Crippen molar-refractivity contribution in [1.82, 2.24) is 4.98 Å². The monoisotopic (exact) mass is 874 g/mol. The van der Waals surface area contributed by atoms with Gasteiger partial charge in [-0.1, -0.05) is 154 Å². The largest absolute Gasteiger partial charge is 0.457 e. The molecule has 2 atom stereocenters. The molecule has 8 aromatic rings. The molecule has 67 heavy (non-hydrogen) atoms. The van der Waals surface area contributed by atoms with Crippen LogP contribution in [0.3, 0.4) is 0 Å². The first-order valence-electron chi connectivity index (χ1n) is 23.7. The predicted molar refractivity (Wildman–Crippen MR) is 278 cm³/mol. The van der Waals surface area contributed by atoms with Crippen molar-refractivity contribution in [2.75, 3.05) is 9.80 Å². The summed E-state index contributed by atoms with van der Waals surface area (Å²) >= 11 is 0. The number of nitrogens with zero attached hydrogens (tertiary/aromatic N) is 4. The number of amidine groups is 1. The molecule has 0 saturated heterocycles. The lowest BCUT2D eigenvalue weighted by molar-refractivity contribution is 0.482. The summed E-state index contributed by atoms with van der Waals surface area (Å²) < 4.78 is 7.17. The van der Waals surface area contributed by atoms with Crippen LogP contribution < -0.4 is 14.5 Å². The Hall–Kier alpha value is -7.24. The van der Waals surface area contributed by atoms with Crippen molar-refractivity contribution in [2.45, 2.75) is 92.2 Å². The van der Waals surface area contributed by atoms with Gasteiger partial charge in [0.2, 0.25) is 0 Å². The molecule has 3 heterocycles. The summed E-state index contributed by atoms with van der Waals surface area (Å²) in [5, 5.41) is 0. The van der Waals surface area contributed by atoms with Gasteiger partial charge < -0.3 is 9.64 Å². The fourth-order valence-electron chi connectivity index (χ4n) is 11.2. The third kappa shape index (κ3) is 7.15. The smallest absolute Gasteiger partial charge is 0.137 e. The number of fused-ring (bicyclic) bond motifs is 8. The Morgan fingerprint density at radius 1 is 0.552 bits per heavy atom. The number of hydrogen-bond donors (Lipinski definition) is 0. The zero-order chi connectivity index (χ0) is 46.5. The van der Waals surface area contributed by atoms with Crippen molar-refractivity contribution < 1.29 is 4.74 Å². The Balaban J connectivity index is 1.09. The highest BCUT2D eigenvalue weighted by Gasteiger charge is 2.45. The third-order valence-corrected chi connectivity index (χ3v) is 14.3. The maximum Gasteiger partial charge on any atom is 0.137 e. The van der Waals surface area contributed by atoms with E-state index in [4.69, 9.17) is 14.7 Å². The highest BCUT2D eigenvalue weighted by atomic mass is 16.5. The van der Waals surface area contributed by atoms with Crippen molar-refractivity contribution in [3.05, 3.63) is 219 Å². The number of aromatic nitrogens is 1. The van der Waals surface area contributed by atoms with E-state index in [2.05, 4.69) is 231 Å². The normalized spacial score (nSPS) is 16.7. The first-order chi connectivity index (χ1) is 32.1. The van der Waals surface area contributed by atoms with Crippen LogP contribution in [0.4, 0.5) is 22.9 Å². The average molecular weight is 875 g/mol. The number of para-hydroxylation sites is 1. The summed E-state index contributed by atoms with van der Waals surface area (Å²) in [5.41, 5.74) is 21.3. The summed E-state index contributed by atoms with van der Waals surface area (Å²) in [6.45, 7) is 22.5. The van der Waals surface area contributed by atoms with Gasteiger partial charge in [0.1, 0.15) is 29.2 Å². The minimum absolute atomic E-state index is 0.0415. The molecule has 0 saturated carbocycles. The molecule has 0 amide bonds. The zero-order valence-electron chi connectivity index (χ0n) is 40.4. The molecule has 0 spiro atoms. The fraction of sp³-hybridized carbons (Fsp3) is 0.226. The van der Waals surface area contributed by atoms with Crippen LogP contribution in [0.1, 0.15) is 108 Å². The van der Waals surface area contributed by atoms with Crippen LogP contribution in [0, 0.1) is 34.6 Å². The first kappa shape index (κ1) is 42.4. The van der Waals surface area contributed by atoms with Gasteiger partial charge in [-0.2, -0.15) is 0 Å². The lowest BCUT2D eigenvalue weighted by Gasteiger charge is -2.41. The number of aryl methyl sites for hydroxylation is 5. The minimum atomic E-state index is -0.259. The van der Waals surface area contributed by atoms with Crippen LogP contribution in [-0.4, -0.2) is 10.8 Å². The molecule has 0 unspecified atom stereocenters. The number of hydrogen-bond acceptors (Lipinski definition) is 5. The molecular formula is C62H58N4O. The molecule has 11 rings (SSSR count). The van der Waals surface area contributed by atoms with Crippen LogP contribution in [0.2, 0.25) is 0 Å². The average Bonchev–Trinajstić information content (AvgIpc) is 3.69. The van der Waals surface area contributed by atoms with Gasteiger partial charge in [0.15, 0.2) is 0 Å². The number of pyridine rings is 1. The van der Waals surface area contributed by atoms with Gasteiger partial charge in [0.05, 0.1) is 17.4 Å². The Labute approximate surface area is 396 Å². The van der Waals surface area contributed by atoms with E-state index in [1.807, 2.05) is 6.20 Å². The second-order valence-corrected chi connectivity index (χ2v) is 20.7. The summed E-state index contributed by atoms with van der Waals surface area (Å²) in [6.07, 6.45) is 1.94. The van der Waals surface area contributed by atoms with Crippen molar-refractivity contribution in [1.29, 1.82) is 0 Å². The molecule has 1 aromatic heterocycles. The standard InChI is InChI=1S/C62H58N4O/c1-37-20-23-48-50(30-37)51-31-38(2)21-24-49(51)59-57(48)64-60(66(59)58-40(4)28-39(3)29-41(58)5)44-32-43(42-16-12-11-13-17-42)33-47(34-44)67-46-22-25-53-55(36-46)65(54-19-15-14-18-52(54)62(53,9)10)56-35-45(26-27-63-56)61(6,7)8/h11-36,57,59H,1-10H3/t57-,59+/m1/s1. The highest BCUT2D eigenvalue weighted by molar-refractivity contribution is 6.14. The van der Waals surface area contributed by atoms with Gasteiger partial charge in [0.25, 0.3) is 0 Å². The van der Waals surface area contributed by atoms with E-state index in [1.54, 1.807) is 0 Å². The fourth-order valence-corrected chi connectivity index (χ4v) is 11.2. The lowest BCUT2D eigenvalue weighted by Crippen LogP contribution is -2.35. The second-order valence-electron chi connectivity index (χ2n) is 20.7. The maximum atomic E-state index is 7.17. The number of anilines is 4. The van der Waals surface area contributed by atoms with Gasteiger partial charge in [-0.25, -0.2) is 4.98 Å². The summed E-state index contributed by atoms with van der Waals surface area (Å²) in [4.78, 5) is 15.7.